The average Bonchev–Trinajstić information content (AvgIpc) is 2.47. The van der Waals surface area contributed by atoms with Gasteiger partial charge in [0, 0.05) is 32.7 Å². The van der Waals surface area contributed by atoms with E-state index < -0.39 is 10.0 Å². The van der Waals surface area contributed by atoms with Gasteiger partial charge in [-0.1, -0.05) is 15.9 Å². The van der Waals surface area contributed by atoms with E-state index in [1.807, 2.05) is 14.1 Å². The highest BCUT2D eigenvalue weighted by molar-refractivity contribution is 9.10. The van der Waals surface area contributed by atoms with Crippen LogP contribution in [0.1, 0.15) is 0 Å². The minimum absolute atomic E-state index is 0.169. The first kappa shape index (κ1) is 17.5. The number of anilines is 3. The van der Waals surface area contributed by atoms with Crippen molar-refractivity contribution in [1.82, 2.24) is 9.97 Å². The molecule has 0 saturated heterocycles. The Morgan fingerprint density at radius 1 is 1.04 bits per heavy atom. The molecule has 0 unspecified atom stereocenters. The fraction of sp³-hybridized carbons (Fsp3) is 0.286. The summed E-state index contributed by atoms with van der Waals surface area (Å²) in [5.74, 6) is 0.990. The summed E-state index contributed by atoms with van der Waals surface area (Å²) in [4.78, 5) is 12.2. The van der Waals surface area contributed by atoms with Crippen molar-refractivity contribution in [1.29, 1.82) is 0 Å². The van der Waals surface area contributed by atoms with Gasteiger partial charge in [0.2, 0.25) is 5.95 Å². The van der Waals surface area contributed by atoms with Crippen molar-refractivity contribution >= 4 is 43.4 Å². The van der Waals surface area contributed by atoms with E-state index in [-0.39, 0.29) is 4.90 Å². The first-order chi connectivity index (χ1) is 10.7. The summed E-state index contributed by atoms with van der Waals surface area (Å²) >= 11 is 3.28. The van der Waals surface area contributed by atoms with Gasteiger partial charge in [0.1, 0.15) is 5.69 Å². The lowest BCUT2D eigenvalue weighted by molar-refractivity contribution is 0.601. The van der Waals surface area contributed by atoms with E-state index in [4.69, 9.17) is 0 Å². The van der Waals surface area contributed by atoms with Crippen LogP contribution in [0, 0.1) is 0 Å². The van der Waals surface area contributed by atoms with E-state index >= 15 is 0 Å². The normalized spacial score (nSPS) is 11.2. The summed E-state index contributed by atoms with van der Waals surface area (Å²) < 4.78 is 28.3. The number of aromatic nitrogens is 2. The fourth-order valence-corrected chi connectivity index (χ4v) is 3.12. The number of hydrogen-bond donors (Lipinski definition) is 1. The molecule has 0 aliphatic rings. The summed E-state index contributed by atoms with van der Waals surface area (Å²) in [5.41, 5.74) is 0.323. The second kappa shape index (κ2) is 6.71. The first-order valence-electron chi connectivity index (χ1n) is 6.71. The van der Waals surface area contributed by atoms with Crippen LogP contribution >= 0.6 is 15.9 Å². The van der Waals surface area contributed by atoms with Gasteiger partial charge in [-0.2, -0.15) is 4.98 Å². The number of halogens is 1. The smallest absolute Gasteiger partial charge is 0.262 e. The minimum Gasteiger partial charge on any atom is -0.361 e. The molecule has 2 rings (SSSR count). The molecule has 0 fully saturated rings. The van der Waals surface area contributed by atoms with Crippen molar-refractivity contribution in [3.05, 3.63) is 34.9 Å². The molecule has 7 nitrogen and oxygen atoms in total. The van der Waals surface area contributed by atoms with E-state index in [2.05, 4.69) is 30.6 Å². The van der Waals surface area contributed by atoms with Crippen molar-refractivity contribution in [2.75, 3.05) is 42.7 Å². The minimum atomic E-state index is -3.71. The number of sulfonamides is 1. The fourth-order valence-electron chi connectivity index (χ4n) is 1.81. The molecule has 0 saturated carbocycles. The maximum absolute atomic E-state index is 12.5. The Labute approximate surface area is 144 Å². The van der Waals surface area contributed by atoms with Crippen LogP contribution in [-0.2, 0) is 10.0 Å². The van der Waals surface area contributed by atoms with E-state index in [1.54, 1.807) is 36.0 Å². The van der Waals surface area contributed by atoms with E-state index in [0.29, 0.717) is 17.5 Å². The monoisotopic (exact) mass is 399 g/mol. The molecule has 1 heterocycles. The predicted octanol–water partition coefficient (Wildman–Crippen LogP) is 2.17. The zero-order chi connectivity index (χ0) is 17.2. The molecule has 1 N–H and O–H groups in total. The molecule has 0 aliphatic carbocycles. The summed E-state index contributed by atoms with van der Waals surface area (Å²) in [5, 5.41) is 0. The number of nitrogens with zero attached hydrogens (tertiary/aromatic N) is 4. The third-order valence-corrected chi connectivity index (χ3v) is 4.86. The molecule has 2 aromatic rings. The van der Waals surface area contributed by atoms with Crippen LogP contribution in [-0.4, -0.2) is 46.6 Å². The maximum atomic E-state index is 12.5. The molecule has 9 heteroatoms. The van der Waals surface area contributed by atoms with Crippen LogP contribution in [0.25, 0.3) is 0 Å². The number of hydrogen-bond acceptors (Lipinski definition) is 6. The van der Waals surface area contributed by atoms with Gasteiger partial charge >= 0.3 is 0 Å². The van der Waals surface area contributed by atoms with Crippen LogP contribution in [0.5, 0.6) is 0 Å². The maximum Gasteiger partial charge on any atom is 0.262 e. The van der Waals surface area contributed by atoms with Crippen molar-refractivity contribution in [3.8, 4) is 0 Å². The summed E-state index contributed by atoms with van der Waals surface area (Å²) in [6, 6.07) is 6.40. The molecule has 0 spiro atoms. The second-order valence-electron chi connectivity index (χ2n) is 5.26. The zero-order valence-corrected chi connectivity index (χ0v) is 15.7. The number of nitrogens with one attached hydrogen (secondary N) is 1. The van der Waals surface area contributed by atoms with Crippen molar-refractivity contribution in [2.45, 2.75) is 4.90 Å². The number of rotatable bonds is 5. The van der Waals surface area contributed by atoms with Gasteiger partial charge in [-0.05, 0) is 24.3 Å². The quantitative estimate of drug-likeness (QED) is 0.829. The van der Waals surface area contributed by atoms with Crippen LogP contribution in [0.15, 0.2) is 39.8 Å². The molecule has 0 bridgehead atoms. The molecule has 0 amide bonds. The van der Waals surface area contributed by atoms with Gasteiger partial charge in [-0.15, -0.1) is 0 Å². The van der Waals surface area contributed by atoms with Crippen molar-refractivity contribution in [3.63, 3.8) is 0 Å². The molecular weight excluding hydrogens is 382 g/mol. The average molecular weight is 400 g/mol. The summed E-state index contributed by atoms with van der Waals surface area (Å²) in [6.45, 7) is 0. The lowest BCUT2D eigenvalue weighted by Gasteiger charge is -2.19. The van der Waals surface area contributed by atoms with Gasteiger partial charge in [-0.25, -0.2) is 13.4 Å². The highest BCUT2D eigenvalue weighted by Gasteiger charge is 2.18. The van der Waals surface area contributed by atoms with Crippen molar-refractivity contribution in [2.24, 2.45) is 0 Å². The lowest BCUT2D eigenvalue weighted by atomic mass is 10.4. The standard InChI is InChI=1S/C14H18BrN5O2S/c1-19(2)13-12(9-16-14(17-13)20(3)4)18-23(21,22)11-7-5-10(15)6-8-11/h5-9,18H,1-4H3. The van der Waals surface area contributed by atoms with Gasteiger partial charge in [0.05, 0.1) is 11.1 Å². The number of benzene rings is 1. The molecule has 1 aromatic carbocycles. The van der Waals surface area contributed by atoms with Crippen LogP contribution in [0.2, 0.25) is 0 Å². The summed E-state index contributed by atoms with van der Waals surface area (Å²) in [6.07, 6.45) is 1.47. The van der Waals surface area contributed by atoms with E-state index in [9.17, 15) is 8.42 Å². The molecule has 124 valence electrons. The molecule has 0 aliphatic heterocycles. The Morgan fingerprint density at radius 3 is 2.17 bits per heavy atom. The predicted molar refractivity (Wildman–Crippen MR) is 95.6 cm³/mol. The van der Waals surface area contributed by atoms with Gasteiger partial charge < -0.3 is 9.80 Å². The van der Waals surface area contributed by atoms with Crippen molar-refractivity contribution < 1.29 is 8.42 Å². The van der Waals surface area contributed by atoms with Crippen LogP contribution in [0.4, 0.5) is 17.5 Å². The lowest BCUT2D eigenvalue weighted by Crippen LogP contribution is -2.21. The van der Waals surface area contributed by atoms with Gasteiger partial charge in [-0.3, -0.25) is 4.72 Å². The highest BCUT2D eigenvalue weighted by Crippen LogP contribution is 2.26. The summed E-state index contributed by atoms with van der Waals surface area (Å²) in [7, 11) is 3.51. The van der Waals surface area contributed by atoms with E-state index in [0.717, 1.165) is 4.47 Å². The Hall–Kier alpha value is -1.87. The third kappa shape index (κ3) is 4.11. The zero-order valence-electron chi connectivity index (χ0n) is 13.3. The molecule has 0 radical (unpaired) electrons. The Balaban J connectivity index is 2.40. The van der Waals surface area contributed by atoms with Gasteiger partial charge in [0.15, 0.2) is 5.82 Å². The Morgan fingerprint density at radius 2 is 1.65 bits per heavy atom. The van der Waals surface area contributed by atoms with Crippen LogP contribution in [0.3, 0.4) is 0 Å². The molecule has 1 aromatic heterocycles. The first-order valence-corrected chi connectivity index (χ1v) is 8.98. The molecule has 23 heavy (non-hydrogen) atoms. The Bertz CT molecular complexity index is 791. The molecular formula is C14H18BrN5O2S. The second-order valence-corrected chi connectivity index (χ2v) is 7.85. The largest absolute Gasteiger partial charge is 0.361 e. The topological polar surface area (TPSA) is 78.4 Å². The Kier molecular flexibility index (Phi) is 5.10. The van der Waals surface area contributed by atoms with E-state index in [1.165, 1.54) is 18.3 Å². The SMILES string of the molecule is CN(C)c1ncc(NS(=O)(=O)c2ccc(Br)cc2)c(N(C)C)n1. The van der Waals surface area contributed by atoms with Crippen LogP contribution < -0.4 is 14.5 Å². The highest BCUT2D eigenvalue weighted by atomic mass is 79.9. The third-order valence-electron chi connectivity index (χ3n) is 2.95. The van der Waals surface area contributed by atoms with Gasteiger partial charge in [0.25, 0.3) is 10.0 Å². The molecule has 0 atom stereocenters.